The Morgan fingerprint density at radius 2 is 1.61 bits per heavy atom. The number of benzene rings is 1. The minimum absolute atomic E-state index is 0.0386. The molecule has 0 fully saturated rings. The van der Waals surface area contributed by atoms with Crippen molar-refractivity contribution in [3.05, 3.63) is 48.0 Å². The molecule has 0 aliphatic carbocycles. The molecule has 1 aliphatic heterocycles. The Morgan fingerprint density at radius 3 is 2.20 bits per heavy atom. The Kier molecular flexibility index (Phi) is 14.5. The van der Waals surface area contributed by atoms with E-state index in [0.29, 0.717) is 12.8 Å². The summed E-state index contributed by atoms with van der Waals surface area (Å²) in [6.45, 7) is 8.38. The number of carbonyl (C=O) groups is 6. The lowest BCUT2D eigenvalue weighted by Gasteiger charge is -2.30. The minimum Gasteiger partial charge on any atom is -0.468 e. The first-order valence-electron chi connectivity index (χ1n) is 15.0. The number of hydrogen-bond acceptors (Lipinski definition) is 7. The minimum atomic E-state index is -1.06. The van der Waals surface area contributed by atoms with Crippen molar-refractivity contribution in [3.63, 3.8) is 0 Å². The fourth-order valence-electron chi connectivity index (χ4n) is 4.79. The molecule has 0 unspecified atom stereocenters. The lowest BCUT2D eigenvalue weighted by Crippen LogP contribution is -2.59. The molecule has 0 spiro atoms. The highest BCUT2D eigenvalue weighted by Gasteiger charge is 2.33. The average molecular weight is 614 g/mol. The Morgan fingerprint density at radius 1 is 0.932 bits per heavy atom. The number of amides is 5. The van der Waals surface area contributed by atoms with Crippen molar-refractivity contribution in [1.82, 2.24) is 25.8 Å². The molecule has 1 aromatic carbocycles. The van der Waals surface area contributed by atoms with Gasteiger partial charge in [0.05, 0.1) is 13.7 Å². The zero-order valence-corrected chi connectivity index (χ0v) is 26.6. The molecule has 1 aromatic rings. The third-order valence-corrected chi connectivity index (χ3v) is 7.20. The van der Waals surface area contributed by atoms with Crippen molar-refractivity contribution in [2.75, 3.05) is 33.3 Å². The maximum absolute atomic E-state index is 13.9. The zero-order valence-electron chi connectivity index (χ0n) is 26.6. The summed E-state index contributed by atoms with van der Waals surface area (Å²) >= 11 is 0. The van der Waals surface area contributed by atoms with Crippen LogP contribution >= 0.6 is 0 Å². The van der Waals surface area contributed by atoms with Gasteiger partial charge in [0.2, 0.25) is 29.5 Å². The number of rotatable bonds is 7. The van der Waals surface area contributed by atoms with E-state index in [1.807, 2.05) is 44.2 Å². The van der Waals surface area contributed by atoms with Crippen molar-refractivity contribution in [2.45, 2.75) is 72.0 Å². The normalized spacial score (nSPS) is 22.0. The quantitative estimate of drug-likeness (QED) is 0.308. The van der Waals surface area contributed by atoms with Gasteiger partial charge in [-0.3, -0.25) is 28.8 Å². The molecule has 242 valence electrons. The molecule has 0 bridgehead atoms. The fourth-order valence-corrected chi connectivity index (χ4v) is 4.79. The fraction of sp³-hybridized carbons (Fsp3) is 0.562. The zero-order chi connectivity index (χ0) is 32.8. The van der Waals surface area contributed by atoms with E-state index >= 15 is 0 Å². The van der Waals surface area contributed by atoms with E-state index in [0.717, 1.165) is 5.56 Å². The van der Waals surface area contributed by atoms with Crippen molar-refractivity contribution in [1.29, 1.82) is 0 Å². The molecule has 12 nitrogen and oxygen atoms in total. The first-order chi connectivity index (χ1) is 20.8. The molecule has 0 saturated heterocycles. The van der Waals surface area contributed by atoms with Crippen molar-refractivity contribution in [2.24, 2.45) is 11.8 Å². The van der Waals surface area contributed by atoms with Crippen LogP contribution in [0, 0.1) is 11.8 Å². The molecule has 44 heavy (non-hydrogen) atoms. The van der Waals surface area contributed by atoms with Crippen molar-refractivity contribution >= 4 is 35.5 Å². The molecule has 12 heteroatoms. The van der Waals surface area contributed by atoms with Gasteiger partial charge in [-0.15, -0.1) is 0 Å². The molecule has 0 radical (unpaired) electrons. The highest BCUT2D eigenvalue weighted by Crippen LogP contribution is 2.12. The van der Waals surface area contributed by atoms with Crippen molar-refractivity contribution in [3.8, 4) is 0 Å². The van der Waals surface area contributed by atoms with Crippen LogP contribution in [0.15, 0.2) is 42.5 Å². The van der Waals surface area contributed by atoms with Crippen LogP contribution in [0.25, 0.3) is 0 Å². The Bertz CT molecular complexity index is 1180. The van der Waals surface area contributed by atoms with Gasteiger partial charge in [0.1, 0.15) is 24.7 Å². The van der Waals surface area contributed by atoms with Gasteiger partial charge in [-0.2, -0.15) is 0 Å². The van der Waals surface area contributed by atoms with E-state index in [1.165, 1.54) is 23.8 Å². The Labute approximate surface area is 259 Å². The first-order valence-corrected chi connectivity index (χ1v) is 15.0. The highest BCUT2D eigenvalue weighted by atomic mass is 16.5. The SMILES string of the molecule is COC(=O)CN1C/C=C\CCN(C(C)=O)CC(=O)N[C@@H](CC(C)C)C(=O)N[C@@H](C(C)C)C(=O)N[C@@H](Cc2ccccc2)C1=O. The van der Waals surface area contributed by atoms with E-state index in [2.05, 4.69) is 16.0 Å². The molecule has 0 saturated carbocycles. The molecule has 0 aromatic heterocycles. The van der Waals surface area contributed by atoms with Gasteiger partial charge >= 0.3 is 5.97 Å². The van der Waals surface area contributed by atoms with E-state index in [1.54, 1.807) is 26.0 Å². The molecule has 1 aliphatic rings. The van der Waals surface area contributed by atoms with E-state index in [9.17, 15) is 28.8 Å². The largest absolute Gasteiger partial charge is 0.468 e. The van der Waals surface area contributed by atoms with Gasteiger partial charge in [0.15, 0.2) is 0 Å². The van der Waals surface area contributed by atoms with Gasteiger partial charge in [-0.1, -0.05) is 70.2 Å². The van der Waals surface area contributed by atoms with E-state index < -0.39 is 47.7 Å². The van der Waals surface area contributed by atoms with E-state index in [4.69, 9.17) is 4.74 Å². The molecular weight excluding hydrogens is 566 g/mol. The standard InChI is InChI=1S/C32H47N5O7/c1-21(2)17-25-30(41)35-29(22(3)4)31(42)34-26(18-24-13-9-7-10-14-24)32(43)37(20-28(40)44-6)16-12-8-11-15-36(23(5)38)19-27(39)33-25/h7-10,12-14,21-22,25-26,29H,11,15-20H2,1-6H3,(H,33,39)(H,34,42)(H,35,41)/b12-8-/t25-,26-,29-/m0/s1. The first kappa shape index (κ1) is 36.0. The monoisotopic (exact) mass is 613 g/mol. The summed E-state index contributed by atoms with van der Waals surface area (Å²) in [5, 5.41) is 8.34. The summed E-state index contributed by atoms with van der Waals surface area (Å²) in [7, 11) is 1.23. The second kappa shape index (κ2) is 17.8. The lowest BCUT2D eigenvalue weighted by molar-refractivity contribution is -0.147. The Balaban J connectivity index is 2.53. The third-order valence-electron chi connectivity index (χ3n) is 7.20. The van der Waals surface area contributed by atoms with Crippen LogP contribution in [0.5, 0.6) is 0 Å². The van der Waals surface area contributed by atoms with Crippen LogP contribution in [0.3, 0.4) is 0 Å². The number of esters is 1. The number of hydrogen-bond donors (Lipinski definition) is 3. The number of methoxy groups -OCH3 is 1. The predicted octanol–water partition coefficient (Wildman–Crippen LogP) is 1.20. The summed E-state index contributed by atoms with van der Waals surface area (Å²) in [6, 6.07) is 6.12. The average Bonchev–Trinajstić information content (AvgIpc) is 2.96. The summed E-state index contributed by atoms with van der Waals surface area (Å²) < 4.78 is 4.82. The van der Waals surface area contributed by atoms with Crippen LogP contribution in [0.4, 0.5) is 0 Å². The summed E-state index contributed by atoms with van der Waals surface area (Å²) in [4.78, 5) is 81.3. The van der Waals surface area contributed by atoms with Gasteiger partial charge in [0.25, 0.3) is 0 Å². The second-order valence-corrected chi connectivity index (χ2v) is 11.7. The predicted molar refractivity (Wildman–Crippen MR) is 165 cm³/mol. The summed E-state index contributed by atoms with van der Waals surface area (Å²) in [5.41, 5.74) is 0.788. The maximum atomic E-state index is 13.9. The molecule has 3 N–H and O–H groups in total. The summed E-state index contributed by atoms with van der Waals surface area (Å²) in [5.74, 6) is -3.37. The lowest BCUT2D eigenvalue weighted by atomic mass is 9.98. The van der Waals surface area contributed by atoms with Gasteiger partial charge < -0.3 is 30.5 Å². The van der Waals surface area contributed by atoms with Crippen LogP contribution < -0.4 is 16.0 Å². The van der Waals surface area contributed by atoms with Crippen LogP contribution in [0.2, 0.25) is 0 Å². The molecular formula is C32H47N5O7. The highest BCUT2D eigenvalue weighted by molar-refractivity contribution is 5.95. The molecule has 2 rings (SSSR count). The van der Waals surface area contributed by atoms with Crippen LogP contribution in [-0.2, 0) is 39.9 Å². The Hall–Kier alpha value is -4.22. The van der Waals surface area contributed by atoms with Crippen molar-refractivity contribution < 1.29 is 33.5 Å². The third kappa shape index (κ3) is 11.8. The number of ether oxygens (including phenoxy) is 1. The number of nitrogens with zero attached hydrogens (tertiary/aromatic N) is 2. The van der Waals surface area contributed by atoms with Gasteiger partial charge in [-0.25, -0.2) is 0 Å². The second-order valence-electron chi connectivity index (χ2n) is 11.7. The van der Waals surface area contributed by atoms with Gasteiger partial charge in [-0.05, 0) is 30.2 Å². The van der Waals surface area contributed by atoms with Gasteiger partial charge in [0, 0.05) is 26.4 Å². The molecule has 3 atom stereocenters. The maximum Gasteiger partial charge on any atom is 0.325 e. The number of carbonyl (C=O) groups excluding carboxylic acids is 6. The topological polar surface area (TPSA) is 154 Å². The smallest absolute Gasteiger partial charge is 0.325 e. The molecule has 5 amide bonds. The van der Waals surface area contributed by atoms with Crippen LogP contribution in [0.1, 0.15) is 53.0 Å². The van der Waals surface area contributed by atoms with E-state index in [-0.39, 0.29) is 50.3 Å². The molecule has 1 heterocycles. The number of nitrogens with one attached hydrogen (secondary N) is 3. The van der Waals surface area contributed by atoms with Crippen LogP contribution in [-0.4, -0.2) is 96.7 Å². The summed E-state index contributed by atoms with van der Waals surface area (Å²) in [6.07, 6.45) is 4.28.